The number of aryl methyl sites for hydroxylation is 1. The Bertz CT molecular complexity index is 749. The van der Waals surface area contributed by atoms with Gasteiger partial charge in [0.05, 0.1) is 31.0 Å². The average molecular weight is 358 g/mol. The highest BCUT2D eigenvalue weighted by Crippen LogP contribution is 2.21. The van der Waals surface area contributed by atoms with E-state index in [-0.39, 0.29) is 12.3 Å². The molecule has 1 amide bonds. The molecule has 3 rings (SSSR count). The van der Waals surface area contributed by atoms with Crippen molar-refractivity contribution >= 4 is 28.1 Å². The monoisotopic (exact) mass is 358 g/mol. The number of amides is 1. The van der Waals surface area contributed by atoms with Gasteiger partial charge in [-0.15, -0.1) is 11.3 Å². The molecule has 0 bridgehead atoms. The van der Waals surface area contributed by atoms with Gasteiger partial charge in [0.25, 0.3) is 0 Å². The van der Waals surface area contributed by atoms with E-state index < -0.39 is 0 Å². The van der Waals surface area contributed by atoms with Crippen molar-refractivity contribution in [3.8, 4) is 0 Å². The molecule has 132 valence electrons. The van der Waals surface area contributed by atoms with Gasteiger partial charge in [0.2, 0.25) is 5.91 Å². The van der Waals surface area contributed by atoms with Crippen LogP contribution in [0, 0.1) is 6.92 Å². The lowest BCUT2D eigenvalue weighted by Crippen LogP contribution is -2.36. The van der Waals surface area contributed by atoms with Gasteiger partial charge < -0.3 is 9.64 Å². The number of nitrogens with zero attached hydrogens (tertiary/aromatic N) is 3. The highest BCUT2D eigenvalue weighted by Gasteiger charge is 2.15. The van der Waals surface area contributed by atoms with Gasteiger partial charge in [-0.3, -0.25) is 4.79 Å². The Kier molecular flexibility index (Phi) is 5.78. The smallest absolute Gasteiger partial charge is 0.246 e. The molecule has 1 fully saturated rings. The summed E-state index contributed by atoms with van der Waals surface area (Å²) in [6.07, 6.45) is 0.228. The van der Waals surface area contributed by atoms with Crippen LogP contribution in [0.2, 0.25) is 0 Å². The van der Waals surface area contributed by atoms with Crippen LogP contribution in [0.4, 0.5) is 5.13 Å². The van der Waals surface area contributed by atoms with Crippen molar-refractivity contribution in [3.05, 3.63) is 46.5 Å². The molecule has 25 heavy (non-hydrogen) atoms. The first-order valence-electron chi connectivity index (χ1n) is 8.29. The van der Waals surface area contributed by atoms with Gasteiger partial charge >= 0.3 is 0 Å². The summed E-state index contributed by atoms with van der Waals surface area (Å²) in [4.78, 5) is 18.8. The maximum absolute atomic E-state index is 12.1. The van der Waals surface area contributed by atoms with Crippen molar-refractivity contribution in [2.75, 3.05) is 31.2 Å². The summed E-state index contributed by atoms with van der Waals surface area (Å²) in [7, 11) is 0. The maximum atomic E-state index is 12.1. The van der Waals surface area contributed by atoms with E-state index in [4.69, 9.17) is 4.74 Å². The van der Waals surface area contributed by atoms with E-state index in [1.807, 2.05) is 43.5 Å². The maximum Gasteiger partial charge on any atom is 0.246 e. The van der Waals surface area contributed by atoms with Gasteiger partial charge in [0.15, 0.2) is 5.13 Å². The van der Waals surface area contributed by atoms with Crippen LogP contribution in [-0.4, -0.2) is 42.9 Å². The number of carbonyl (C=O) groups excluding carboxylic acids is 1. The average Bonchev–Trinajstić information content (AvgIpc) is 3.09. The number of nitrogens with one attached hydrogen (secondary N) is 1. The van der Waals surface area contributed by atoms with Crippen LogP contribution in [0.3, 0.4) is 0 Å². The van der Waals surface area contributed by atoms with E-state index in [1.54, 1.807) is 11.3 Å². The molecule has 2 heterocycles. The Labute approximate surface area is 151 Å². The quantitative estimate of drug-likeness (QED) is 0.658. The first-order chi connectivity index (χ1) is 12.1. The highest BCUT2D eigenvalue weighted by molar-refractivity contribution is 7.13. The van der Waals surface area contributed by atoms with Crippen molar-refractivity contribution in [3.63, 3.8) is 0 Å². The first kappa shape index (κ1) is 17.6. The number of ether oxygens (including phenoxy) is 1. The van der Waals surface area contributed by atoms with Crippen LogP contribution >= 0.6 is 11.3 Å². The summed E-state index contributed by atoms with van der Waals surface area (Å²) in [5.74, 6) is -0.162. The molecule has 0 radical (unpaired) electrons. The zero-order valence-electron chi connectivity index (χ0n) is 14.5. The van der Waals surface area contributed by atoms with Gasteiger partial charge in [0.1, 0.15) is 0 Å². The fourth-order valence-electron chi connectivity index (χ4n) is 2.49. The molecule has 0 saturated carbocycles. The number of hydrogen-bond donors (Lipinski definition) is 1. The number of morpholine rings is 1. The van der Waals surface area contributed by atoms with Gasteiger partial charge in [-0.05, 0) is 19.4 Å². The number of benzene rings is 1. The van der Waals surface area contributed by atoms with E-state index in [9.17, 15) is 4.79 Å². The predicted molar refractivity (Wildman–Crippen MR) is 100 cm³/mol. The van der Waals surface area contributed by atoms with Gasteiger partial charge in [-0.1, -0.05) is 29.8 Å². The van der Waals surface area contributed by atoms with E-state index >= 15 is 0 Å². The van der Waals surface area contributed by atoms with Crippen molar-refractivity contribution < 1.29 is 9.53 Å². The zero-order valence-corrected chi connectivity index (χ0v) is 15.3. The Balaban J connectivity index is 1.54. The van der Waals surface area contributed by atoms with Crippen LogP contribution in [-0.2, 0) is 16.0 Å². The third-order valence-corrected chi connectivity index (χ3v) is 4.93. The Morgan fingerprint density at radius 1 is 1.32 bits per heavy atom. The summed E-state index contributed by atoms with van der Waals surface area (Å²) in [6.45, 7) is 7.06. The summed E-state index contributed by atoms with van der Waals surface area (Å²) in [5, 5.41) is 7.06. The van der Waals surface area contributed by atoms with Crippen LogP contribution < -0.4 is 10.3 Å². The lowest BCUT2D eigenvalue weighted by atomic mass is 10.1. The molecular formula is C18H22N4O2S. The SMILES string of the molecule is C/C(=N/NC(=O)Cc1csc(N2CCOCC2)n1)c1ccc(C)cc1. The third-order valence-electron chi connectivity index (χ3n) is 3.98. The van der Waals surface area contributed by atoms with Crippen LogP contribution in [0.5, 0.6) is 0 Å². The number of anilines is 1. The topological polar surface area (TPSA) is 66.8 Å². The molecule has 1 aliphatic rings. The minimum absolute atomic E-state index is 0.162. The molecule has 0 atom stereocenters. The summed E-state index contributed by atoms with van der Waals surface area (Å²) >= 11 is 1.56. The minimum Gasteiger partial charge on any atom is -0.378 e. The first-order valence-corrected chi connectivity index (χ1v) is 9.17. The minimum atomic E-state index is -0.162. The molecule has 0 aliphatic carbocycles. The van der Waals surface area contributed by atoms with E-state index in [0.29, 0.717) is 0 Å². The van der Waals surface area contributed by atoms with Crippen LogP contribution in [0.15, 0.2) is 34.7 Å². The van der Waals surface area contributed by atoms with Crippen molar-refractivity contribution in [1.29, 1.82) is 0 Å². The Morgan fingerprint density at radius 2 is 2.04 bits per heavy atom. The Morgan fingerprint density at radius 3 is 2.76 bits per heavy atom. The number of rotatable bonds is 5. The molecule has 7 heteroatoms. The van der Waals surface area contributed by atoms with Crippen molar-refractivity contribution in [2.45, 2.75) is 20.3 Å². The molecule has 1 aromatic heterocycles. The number of carbonyl (C=O) groups is 1. The van der Waals surface area contributed by atoms with Crippen molar-refractivity contribution in [2.24, 2.45) is 5.10 Å². The number of hydrogen-bond acceptors (Lipinski definition) is 6. The highest BCUT2D eigenvalue weighted by atomic mass is 32.1. The summed E-state index contributed by atoms with van der Waals surface area (Å²) < 4.78 is 5.35. The number of thiazole rings is 1. The molecule has 1 aromatic carbocycles. The molecule has 6 nitrogen and oxygen atoms in total. The molecule has 1 aliphatic heterocycles. The standard InChI is InChI=1S/C18H22N4O2S/c1-13-3-5-15(6-4-13)14(2)20-21-17(23)11-16-12-25-18(19-16)22-7-9-24-10-8-22/h3-6,12H,7-11H2,1-2H3,(H,21,23)/b20-14-. The molecule has 2 aromatic rings. The van der Waals surface area contributed by atoms with E-state index in [1.165, 1.54) is 5.56 Å². The zero-order chi connectivity index (χ0) is 17.6. The molecule has 1 saturated heterocycles. The second-order valence-corrected chi connectivity index (χ2v) is 6.83. The summed E-state index contributed by atoms with van der Waals surface area (Å²) in [6, 6.07) is 8.04. The molecule has 0 unspecified atom stereocenters. The fraction of sp³-hybridized carbons (Fsp3) is 0.389. The normalized spacial score (nSPS) is 15.3. The largest absolute Gasteiger partial charge is 0.378 e. The predicted octanol–water partition coefficient (Wildman–Crippen LogP) is 2.37. The molecular weight excluding hydrogens is 336 g/mol. The fourth-order valence-corrected chi connectivity index (χ4v) is 3.37. The van der Waals surface area contributed by atoms with Crippen molar-refractivity contribution in [1.82, 2.24) is 10.4 Å². The molecule has 1 N–H and O–H groups in total. The second-order valence-electron chi connectivity index (χ2n) is 6.00. The third kappa shape index (κ3) is 4.87. The van der Waals surface area contributed by atoms with Gasteiger partial charge in [0, 0.05) is 18.5 Å². The Hall–Kier alpha value is -2.25. The lowest BCUT2D eigenvalue weighted by Gasteiger charge is -2.26. The van der Waals surface area contributed by atoms with E-state index in [2.05, 4.69) is 20.4 Å². The lowest BCUT2D eigenvalue weighted by molar-refractivity contribution is -0.120. The number of hydrazone groups is 1. The molecule has 0 spiro atoms. The van der Waals surface area contributed by atoms with Gasteiger partial charge in [-0.2, -0.15) is 5.10 Å². The van der Waals surface area contributed by atoms with Crippen LogP contribution in [0.25, 0.3) is 0 Å². The van der Waals surface area contributed by atoms with E-state index in [0.717, 1.165) is 48.4 Å². The van der Waals surface area contributed by atoms with Gasteiger partial charge in [-0.25, -0.2) is 10.4 Å². The second kappa shape index (κ2) is 8.22. The number of aromatic nitrogens is 1. The summed E-state index contributed by atoms with van der Waals surface area (Å²) in [5.41, 5.74) is 6.35. The van der Waals surface area contributed by atoms with Crippen LogP contribution in [0.1, 0.15) is 23.7 Å².